The van der Waals surface area contributed by atoms with Crippen molar-refractivity contribution in [2.75, 3.05) is 5.32 Å². The number of aromatic hydroxyl groups is 1. The minimum atomic E-state index is -1.22. The molecule has 4 N–H and O–H groups in total. The lowest BCUT2D eigenvalue weighted by Gasteiger charge is -2.29. The molecule has 0 spiro atoms. The normalized spacial score (nSPS) is 13.5. The monoisotopic (exact) mass is 394 g/mol. The number of pyridine rings is 1. The summed E-state index contributed by atoms with van der Waals surface area (Å²) in [4.78, 5) is 15.9. The molecule has 3 rings (SSSR count). The highest BCUT2D eigenvalue weighted by Crippen LogP contribution is 2.40. The summed E-state index contributed by atoms with van der Waals surface area (Å²) in [5, 5.41) is 25.0. The molecule has 0 aliphatic rings. The minimum Gasteiger partial charge on any atom is -0.508 e. The molecular formula is C24H30N2O3. The van der Waals surface area contributed by atoms with Gasteiger partial charge < -0.3 is 20.5 Å². The van der Waals surface area contributed by atoms with Crippen LogP contribution >= 0.6 is 0 Å². The Kier molecular flexibility index (Phi) is 5.22. The van der Waals surface area contributed by atoms with Gasteiger partial charge in [-0.1, -0.05) is 53.7 Å². The number of aliphatic hydroxyl groups excluding tert-OH is 1. The fourth-order valence-corrected chi connectivity index (χ4v) is 3.54. The van der Waals surface area contributed by atoms with Gasteiger partial charge in [0.2, 0.25) is 0 Å². The van der Waals surface area contributed by atoms with Crippen molar-refractivity contribution in [3.63, 3.8) is 0 Å². The predicted molar refractivity (Wildman–Crippen MR) is 119 cm³/mol. The van der Waals surface area contributed by atoms with Crippen molar-refractivity contribution in [3.05, 3.63) is 69.5 Å². The molecule has 1 unspecified atom stereocenters. The number of hydrogen-bond acceptors (Lipinski definition) is 4. The number of hydrogen-bond donors (Lipinski definition) is 4. The second-order valence-corrected chi connectivity index (χ2v) is 9.58. The molecule has 0 aliphatic heterocycles. The molecule has 0 aliphatic carbocycles. The van der Waals surface area contributed by atoms with Gasteiger partial charge in [0.1, 0.15) is 5.75 Å². The van der Waals surface area contributed by atoms with Crippen LogP contribution in [0.4, 0.5) is 5.69 Å². The van der Waals surface area contributed by atoms with Gasteiger partial charge in [0.25, 0.3) is 0 Å². The summed E-state index contributed by atoms with van der Waals surface area (Å²) >= 11 is 0. The van der Waals surface area contributed by atoms with Crippen LogP contribution in [-0.2, 0) is 10.8 Å². The first-order valence-corrected chi connectivity index (χ1v) is 9.82. The third-order valence-electron chi connectivity index (χ3n) is 5.16. The predicted octanol–water partition coefficient (Wildman–Crippen LogP) is 4.93. The van der Waals surface area contributed by atoms with E-state index in [9.17, 15) is 15.0 Å². The van der Waals surface area contributed by atoms with Crippen LogP contribution in [0.2, 0.25) is 0 Å². The van der Waals surface area contributed by atoms with Crippen LogP contribution in [0.25, 0.3) is 10.9 Å². The highest BCUT2D eigenvalue weighted by molar-refractivity contribution is 5.78. The number of H-pyrrole nitrogens is 1. The van der Waals surface area contributed by atoms with Gasteiger partial charge in [0.05, 0.1) is 5.56 Å². The molecule has 0 saturated carbocycles. The molecule has 0 bridgehead atoms. The topological polar surface area (TPSA) is 85.4 Å². The van der Waals surface area contributed by atoms with Crippen molar-refractivity contribution in [2.45, 2.75) is 58.6 Å². The SMILES string of the molecule is CC(C)(C)c1cc(C(C)(C)C)c(NC(O)c2c[nH]c3ccccc3c2=O)cc1O. The van der Waals surface area contributed by atoms with E-state index in [4.69, 9.17) is 0 Å². The van der Waals surface area contributed by atoms with Crippen LogP contribution in [0.5, 0.6) is 5.75 Å². The number of anilines is 1. The Balaban J connectivity index is 2.07. The van der Waals surface area contributed by atoms with Crippen LogP contribution in [0.15, 0.2) is 47.4 Å². The molecule has 3 aromatic rings. The third-order valence-corrected chi connectivity index (χ3v) is 5.16. The highest BCUT2D eigenvalue weighted by Gasteiger charge is 2.26. The third kappa shape index (κ3) is 4.15. The molecule has 154 valence electrons. The molecule has 1 heterocycles. The lowest BCUT2D eigenvalue weighted by atomic mass is 9.79. The average Bonchev–Trinajstić information content (AvgIpc) is 2.60. The summed E-state index contributed by atoms with van der Waals surface area (Å²) < 4.78 is 0. The number of fused-ring (bicyclic) bond motifs is 1. The van der Waals surface area contributed by atoms with Gasteiger partial charge in [-0.05, 0) is 40.2 Å². The maximum Gasteiger partial charge on any atom is 0.197 e. The second kappa shape index (κ2) is 7.23. The second-order valence-electron chi connectivity index (χ2n) is 9.58. The summed E-state index contributed by atoms with van der Waals surface area (Å²) in [5.41, 5.74) is 2.65. The van der Waals surface area contributed by atoms with E-state index in [-0.39, 0.29) is 27.6 Å². The fourth-order valence-electron chi connectivity index (χ4n) is 3.54. The van der Waals surface area contributed by atoms with Gasteiger partial charge in [-0.25, -0.2) is 0 Å². The average molecular weight is 395 g/mol. The van der Waals surface area contributed by atoms with E-state index >= 15 is 0 Å². The summed E-state index contributed by atoms with van der Waals surface area (Å²) in [5.74, 6) is 0.160. The van der Waals surface area contributed by atoms with E-state index in [1.54, 1.807) is 18.2 Å². The van der Waals surface area contributed by atoms with E-state index in [0.29, 0.717) is 11.1 Å². The minimum absolute atomic E-state index is 0.160. The molecular weight excluding hydrogens is 364 g/mol. The van der Waals surface area contributed by atoms with Crippen LogP contribution in [0.1, 0.15) is 64.5 Å². The van der Waals surface area contributed by atoms with Crippen molar-refractivity contribution in [3.8, 4) is 5.75 Å². The maximum atomic E-state index is 12.8. The molecule has 5 nitrogen and oxygen atoms in total. The molecule has 0 radical (unpaired) electrons. The van der Waals surface area contributed by atoms with E-state index in [1.165, 1.54) is 6.20 Å². The lowest BCUT2D eigenvalue weighted by molar-refractivity contribution is 0.206. The van der Waals surface area contributed by atoms with Gasteiger partial charge in [-0.3, -0.25) is 4.79 Å². The quantitative estimate of drug-likeness (QED) is 0.475. The molecule has 0 saturated heterocycles. The summed E-state index contributed by atoms with van der Waals surface area (Å²) in [6.07, 6.45) is 0.312. The van der Waals surface area contributed by atoms with Crippen molar-refractivity contribution in [2.24, 2.45) is 0 Å². The van der Waals surface area contributed by atoms with E-state index in [2.05, 4.69) is 31.1 Å². The standard InChI is InChI=1S/C24H30N2O3/c1-23(2,3)16-11-17(24(4,5)6)20(27)12-19(16)26-22(29)15-13-25-18-10-8-7-9-14(18)21(15)28/h7-13,22,26-27,29H,1-6H3,(H,25,28). The van der Waals surface area contributed by atoms with E-state index in [0.717, 1.165) is 16.6 Å². The number of aromatic amines is 1. The number of benzene rings is 2. The first kappa shape index (κ1) is 20.9. The summed E-state index contributed by atoms with van der Waals surface area (Å²) in [6, 6.07) is 10.8. The Morgan fingerprint density at radius 3 is 2.21 bits per heavy atom. The molecule has 2 aromatic carbocycles. The van der Waals surface area contributed by atoms with Crippen LogP contribution < -0.4 is 10.7 Å². The Morgan fingerprint density at radius 2 is 1.59 bits per heavy atom. The van der Waals surface area contributed by atoms with Crippen LogP contribution in [-0.4, -0.2) is 15.2 Å². The molecule has 1 aromatic heterocycles. The lowest BCUT2D eigenvalue weighted by Crippen LogP contribution is -2.23. The first-order valence-electron chi connectivity index (χ1n) is 9.82. The molecule has 0 fully saturated rings. The number of nitrogens with one attached hydrogen (secondary N) is 2. The molecule has 0 amide bonds. The smallest absolute Gasteiger partial charge is 0.197 e. The van der Waals surface area contributed by atoms with Gasteiger partial charge in [0, 0.05) is 28.9 Å². The van der Waals surface area contributed by atoms with E-state index in [1.807, 2.05) is 39.0 Å². The number of phenolic OH excluding ortho intramolecular Hbond substituents is 1. The molecule has 1 atom stereocenters. The Labute approximate surface area is 171 Å². The number of aliphatic hydroxyl groups is 1. The Hall–Kier alpha value is -2.79. The summed E-state index contributed by atoms with van der Waals surface area (Å²) in [6.45, 7) is 12.4. The van der Waals surface area contributed by atoms with Gasteiger partial charge in [0.15, 0.2) is 11.7 Å². The molecule has 5 heteroatoms. The van der Waals surface area contributed by atoms with Crippen molar-refractivity contribution in [1.82, 2.24) is 4.98 Å². The zero-order valence-corrected chi connectivity index (χ0v) is 17.9. The van der Waals surface area contributed by atoms with Gasteiger partial charge >= 0.3 is 0 Å². The largest absolute Gasteiger partial charge is 0.508 e. The number of para-hydroxylation sites is 1. The summed E-state index contributed by atoms with van der Waals surface area (Å²) in [7, 11) is 0. The van der Waals surface area contributed by atoms with Crippen molar-refractivity contribution in [1.29, 1.82) is 0 Å². The van der Waals surface area contributed by atoms with Gasteiger partial charge in [-0.2, -0.15) is 0 Å². The number of rotatable bonds is 3. The fraction of sp³-hybridized carbons (Fsp3) is 0.375. The van der Waals surface area contributed by atoms with Crippen LogP contribution in [0.3, 0.4) is 0 Å². The van der Waals surface area contributed by atoms with Gasteiger partial charge in [-0.15, -0.1) is 0 Å². The van der Waals surface area contributed by atoms with Crippen LogP contribution in [0, 0.1) is 0 Å². The number of phenols is 1. The van der Waals surface area contributed by atoms with Crippen molar-refractivity contribution < 1.29 is 10.2 Å². The number of aromatic nitrogens is 1. The van der Waals surface area contributed by atoms with Crippen molar-refractivity contribution >= 4 is 16.6 Å². The highest BCUT2D eigenvalue weighted by atomic mass is 16.3. The van der Waals surface area contributed by atoms with E-state index < -0.39 is 6.23 Å². The molecule has 29 heavy (non-hydrogen) atoms. The first-order chi connectivity index (χ1) is 13.4. The maximum absolute atomic E-state index is 12.8. The zero-order valence-electron chi connectivity index (χ0n) is 17.9. The Morgan fingerprint density at radius 1 is 0.966 bits per heavy atom. The Bertz CT molecular complexity index is 1100. The zero-order chi connectivity index (χ0) is 21.6.